The molecule has 4 rings (SSSR count). The number of hydrogen-bond donors (Lipinski definition) is 1. The van der Waals surface area contributed by atoms with Crippen molar-refractivity contribution in [3.8, 4) is 0 Å². The smallest absolute Gasteiger partial charge is 0.112 e. The molecule has 2 saturated carbocycles. The number of nitrogens with one attached hydrogen (secondary N) is 1. The number of aromatic nitrogens is 2. The molecule has 0 aromatic carbocycles. The molecule has 2 atom stereocenters. The van der Waals surface area contributed by atoms with Crippen LogP contribution in [-0.2, 0) is 13.0 Å². The molecule has 3 nitrogen and oxygen atoms in total. The summed E-state index contributed by atoms with van der Waals surface area (Å²) in [4.78, 5) is 5.01. The fourth-order valence-corrected chi connectivity index (χ4v) is 4.03. The topological polar surface area (TPSA) is 29.9 Å². The van der Waals surface area contributed by atoms with Crippen molar-refractivity contribution in [2.45, 2.75) is 70.4 Å². The van der Waals surface area contributed by atoms with Crippen LogP contribution in [0.3, 0.4) is 0 Å². The highest BCUT2D eigenvalue weighted by Gasteiger charge is 2.35. The van der Waals surface area contributed by atoms with Crippen molar-refractivity contribution in [1.29, 1.82) is 0 Å². The maximum Gasteiger partial charge on any atom is 0.112 e. The second-order valence-electron chi connectivity index (χ2n) is 6.86. The molecule has 1 aromatic rings. The molecule has 3 aliphatic rings. The van der Waals surface area contributed by atoms with Gasteiger partial charge < -0.3 is 9.88 Å². The van der Waals surface area contributed by atoms with Crippen LogP contribution in [0.1, 0.15) is 74.6 Å². The first-order valence-electron chi connectivity index (χ1n) is 8.13. The Morgan fingerprint density at radius 2 is 2.11 bits per heavy atom. The van der Waals surface area contributed by atoms with Gasteiger partial charge in [0, 0.05) is 37.2 Å². The van der Waals surface area contributed by atoms with E-state index in [0.717, 1.165) is 31.0 Å². The molecule has 1 aliphatic heterocycles. The molecule has 1 N–H and O–H groups in total. The monoisotopic (exact) mass is 259 g/mol. The second-order valence-corrected chi connectivity index (χ2v) is 6.86. The van der Waals surface area contributed by atoms with Gasteiger partial charge in [-0.25, -0.2) is 4.98 Å². The molecule has 2 unspecified atom stereocenters. The van der Waals surface area contributed by atoms with Gasteiger partial charge in [-0.3, -0.25) is 0 Å². The molecule has 2 aliphatic carbocycles. The average molecular weight is 259 g/mol. The SMILES string of the molecule is CC1CCCC(n2c(C3CC3)nc3c2CCNC3)C1. The molecule has 104 valence electrons. The lowest BCUT2D eigenvalue weighted by Crippen LogP contribution is -2.27. The first-order valence-corrected chi connectivity index (χ1v) is 8.13. The van der Waals surface area contributed by atoms with Crippen LogP contribution in [0.25, 0.3) is 0 Å². The van der Waals surface area contributed by atoms with Crippen molar-refractivity contribution in [2.24, 2.45) is 5.92 Å². The highest BCUT2D eigenvalue weighted by molar-refractivity contribution is 5.25. The fourth-order valence-electron chi connectivity index (χ4n) is 4.03. The Kier molecular flexibility index (Phi) is 2.91. The van der Waals surface area contributed by atoms with Gasteiger partial charge in [0.25, 0.3) is 0 Å². The number of fused-ring (bicyclic) bond motifs is 1. The zero-order chi connectivity index (χ0) is 12.8. The van der Waals surface area contributed by atoms with Gasteiger partial charge in [-0.1, -0.05) is 19.8 Å². The van der Waals surface area contributed by atoms with Crippen LogP contribution >= 0.6 is 0 Å². The Balaban J connectivity index is 1.73. The summed E-state index contributed by atoms with van der Waals surface area (Å²) in [7, 11) is 0. The largest absolute Gasteiger partial charge is 0.328 e. The van der Waals surface area contributed by atoms with E-state index in [2.05, 4.69) is 16.8 Å². The first kappa shape index (κ1) is 12.0. The molecule has 3 heteroatoms. The summed E-state index contributed by atoms with van der Waals surface area (Å²) in [6, 6.07) is 0.744. The molecular weight excluding hydrogens is 234 g/mol. The lowest BCUT2D eigenvalue weighted by atomic mass is 9.86. The Morgan fingerprint density at radius 1 is 1.21 bits per heavy atom. The van der Waals surface area contributed by atoms with Crippen LogP contribution in [0.15, 0.2) is 0 Å². The summed E-state index contributed by atoms with van der Waals surface area (Å²) in [5, 5.41) is 3.48. The Hall–Kier alpha value is -0.830. The van der Waals surface area contributed by atoms with E-state index in [-0.39, 0.29) is 0 Å². The molecule has 0 amide bonds. The predicted octanol–water partition coefficient (Wildman–Crippen LogP) is 3.16. The first-order chi connectivity index (χ1) is 9.33. The Bertz CT molecular complexity index is 473. The molecule has 19 heavy (non-hydrogen) atoms. The van der Waals surface area contributed by atoms with Gasteiger partial charge in [-0.15, -0.1) is 0 Å². The highest BCUT2D eigenvalue weighted by Crippen LogP contribution is 2.44. The van der Waals surface area contributed by atoms with Gasteiger partial charge in [0.1, 0.15) is 5.82 Å². The van der Waals surface area contributed by atoms with Crippen LogP contribution < -0.4 is 5.32 Å². The third-order valence-corrected chi connectivity index (χ3v) is 5.17. The third kappa shape index (κ3) is 2.12. The molecular formula is C16H25N3. The second kappa shape index (κ2) is 4.62. The van der Waals surface area contributed by atoms with Gasteiger partial charge in [0.05, 0.1) is 5.69 Å². The summed E-state index contributed by atoms with van der Waals surface area (Å²) in [5.74, 6) is 3.11. The van der Waals surface area contributed by atoms with Crippen molar-refractivity contribution in [2.75, 3.05) is 6.54 Å². The lowest BCUT2D eigenvalue weighted by Gasteiger charge is -2.31. The minimum Gasteiger partial charge on any atom is -0.328 e. The van der Waals surface area contributed by atoms with E-state index in [4.69, 9.17) is 4.98 Å². The normalized spacial score (nSPS) is 31.2. The predicted molar refractivity (Wildman–Crippen MR) is 76.3 cm³/mol. The van der Waals surface area contributed by atoms with E-state index in [9.17, 15) is 0 Å². The molecule has 2 fully saturated rings. The van der Waals surface area contributed by atoms with E-state index >= 15 is 0 Å². The summed E-state index contributed by atoms with van der Waals surface area (Å²) in [6.45, 7) is 4.54. The van der Waals surface area contributed by atoms with E-state index in [1.165, 1.54) is 56.5 Å². The molecule has 0 bridgehead atoms. The summed E-state index contributed by atoms with van der Waals surface area (Å²) in [6.07, 6.45) is 9.49. The van der Waals surface area contributed by atoms with Crippen molar-refractivity contribution < 1.29 is 0 Å². The number of hydrogen-bond acceptors (Lipinski definition) is 2. The van der Waals surface area contributed by atoms with Crippen molar-refractivity contribution in [3.05, 3.63) is 17.2 Å². The lowest BCUT2D eigenvalue weighted by molar-refractivity contribution is 0.273. The van der Waals surface area contributed by atoms with E-state index in [0.29, 0.717) is 0 Å². The molecule has 0 saturated heterocycles. The van der Waals surface area contributed by atoms with E-state index < -0.39 is 0 Å². The summed E-state index contributed by atoms with van der Waals surface area (Å²) in [5.41, 5.74) is 2.92. The summed E-state index contributed by atoms with van der Waals surface area (Å²) < 4.78 is 2.70. The number of rotatable bonds is 2. The fraction of sp³-hybridized carbons (Fsp3) is 0.812. The standard InChI is InChI=1S/C16H25N3/c1-11-3-2-4-13(9-11)19-15-7-8-17-10-14(15)18-16(19)12-5-6-12/h11-13,17H,2-10H2,1H3. The third-order valence-electron chi connectivity index (χ3n) is 5.17. The van der Waals surface area contributed by atoms with Crippen molar-refractivity contribution >= 4 is 0 Å². The van der Waals surface area contributed by atoms with Gasteiger partial charge in [-0.2, -0.15) is 0 Å². The molecule has 0 radical (unpaired) electrons. The van der Waals surface area contributed by atoms with E-state index in [1.807, 2.05) is 0 Å². The van der Waals surface area contributed by atoms with Crippen LogP contribution in [0.2, 0.25) is 0 Å². The van der Waals surface area contributed by atoms with Crippen molar-refractivity contribution in [3.63, 3.8) is 0 Å². The van der Waals surface area contributed by atoms with Gasteiger partial charge in [0.15, 0.2) is 0 Å². The number of imidazole rings is 1. The van der Waals surface area contributed by atoms with E-state index in [1.54, 1.807) is 5.69 Å². The molecule has 2 heterocycles. The molecule has 0 spiro atoms. The van der Waals surface area contributed by atoms with Crippen molar-refractivity contribution in [1.82, 2.24) is 14.9 Å². The zero-order valence-electron chi connectivity index (χ0n) is 12.0. The highest BCUT2D eigenvalue weighted by atomic mass is 15.2. The van der Waals surface area contributed by atoms with Gasteiger partial charge in [0.2, 0.25) is 0 Å². The van der Waals surface area contributed by atoms with Crippen LogP contribution in [-0.4, -0.2) is 16.1 Å². The van der Waals surface area contributed by atoms with Crippen LogP contribution in [0, 0.1) is 5.92 Å². The van der Waals surface area contributed by atoms with Crippen LogP contribution in [0.4, 0.5) is 0 Å². The van der Waals surface area contributed by atoms with Gasteiger partial charge >= 0.3 is 0 Å². The van der Waals surface area contributed by atoms with Gasteiger partial charge in [-0.05, 0) is 31.6 Å². The quantitative estimate of drug-likeness (QED) is 0.884. The minimum atomic E-state index is 0.744. The maximum atomic E-state index is 5.01. The Morgan fingerprint density at radius 3 is 2.89 bits per heavy atom. The maximum absolute atomic E-state index is 5.01. The van der Waals surface area contributed by atoms with Crippen LogP contribution in [0.5, 0.6) is 0 Å². The minimum absolute atomic E-state index is 0.744. The number of nitrogens with zero attached hydrogens (tertiary/aromatic N) is 2. The Labute approximate surface area is 115 Å². The average Bonchev–Trinajstić information content (AvgIpc) is 3.19. The zero-order valence-corrected chi connectivity index (χ0v) is 12.0. The summed E-state index contributed by atoms with van der Waals surface area (Å²) >= 11 is 0. The molecule has 1 aromatic heterocycles.